The highest BCUT2D eigenvalue weighted by Crippen LogP contribution is 2.34. The monoisotopic (exact) mass is 339 g/mol. The molecule has 1 aromatic heterocycles. The molecule has 24 heavy (non-hydrogen) atoms. The summed E-state index contributed by atoms with van der Waals surface area (Å²) in [5, 5.41) is 22.0. The Bertz CT molecular complexity index is 899. The Morgan fingerprint density at radius 3 is 2.50 bits per heavy atom. The summed E-state index contributed by atoms with van der Waals surface area (Å²) in [7, 11) is 3.96. The molecule has 2 aromatic carbocycles. The summed E-state index contributed by atoms with van der Waals surface area (Å²) in [6.45, 7) is 0. The van der Waals surface area contributed by atoms with E-state index in [0.29, 0.717) is 5.39 Å². The van der Waals surface area contributed by atoms with Crippen LogP contribution in [0.5, 0.6) is 5.75 Å². The lowest BCUT2D eigenvalue weighted by atomic mass is 10.2. The van der Waals surface area contributed by atoms with Crippen LogP contribution in [-0.2, 0) is 0 Å². The van der Waals surface area contributed by atoms with Crippen molar-refractivity contribution in [1.82, 2.24) is 4.98 Å². The maximum absolute atomic E-state index is 10.1. The van der Waals surface area contributed by atoms with Gasteiger partial charge in [0.15, 0.2) is 11.6 Å². The molecule has 0 bridgehead atoms. The van der Waals surface area contributed by atoms with Crippen molar-refractivity contribution in [3.63, 3.8) is 0 Å². The largest absolute Gasteiger partial charge is 0.504 e. The third kappa shape index (κ3) is 3.36. The van der Waals surface area contributed by atoms with Crippen molar-refractivity contribution in [1.29, 1.82) is 0 Å². The number of azo groups is 1. The van der Waals surface area contributed by atoms with Crippen LogP contribution in [0, 0.1) is 0 Å². The first kappa shape index (κ1) is 15.9. The molecule has 7 heteroatoms. The molecule has 0 aliphatic rings. The third-order valence-electron chi connectivity index (χ3n) is 3.54. The predicted molar refractivity (Wildman–Crippen MR) is 101 cm³/mol. The van der Waals surface area contributed by atoms with E-state index >= 15 is 0 Å². The number of aromatic nitrogens is 1. The molecule has 3 N–H and O–H groups in total. The maximum atomic E-state index is 10.1. The standard InChI is InChI=1S/C17H17N5OS/c1-22(2)12-9-7-11(8-10-12)18-17(24)21-20-16-15(23)13-5-3-4-6-14(13)19-16/h3-10,19,23H,1-2H3,(H,18,24). The van der Waals surface area contributed by atoms with Crippen LogP contribution >= 0.6 is 12.2 Å². The summed E-state index contributed by atoms with van der Waals surface area (Å²) in [4.78, 5) is 5.01. The number of rotatable bonds is 3. The van der Waals surface area contributed by atoms with Crippen molar-refractivity contribution in [2.45, 2.75) is 0 Å². The van der Waals surface area contributed by atoms with E-state index in [4.69, 9.17) is 12.2 Å². The summed E-state index contributed by atoms with van der Waals surface area (Å²) < 4.78 is 0. The maximum Gasteiger partial charge on any atom is 0.218 e. The second-order valence-corrected chi connectivity index (χ2v) is 5.83. The molecule has 6 nitrogen and oxygen atoms in total. The van der Waals surface area contributed by atoms with Crippen molar-refractivity contribution in [3.8, 4) is 5.75 Å². The van der Waals surface area contributed by atoms with Gasteiger partial charge in [-0.3, -0.25) is 0 Å². The Morgan fingerprint density at radius 1 is 1.12 bits per heavy atom. The van der Waals surface area contributed by atoms with Gasteiger partial charge in [-0.25, -0.2) is 0 Å². The van der Waals surface area contributed by atoms with Crippen LogP contribution in [0.2, 0.25) is 0 Å². The molecule has 0 radical (unpaired) electrons. The molecule has 0 atom stereocenters. The van der Waals surface area contributed by atoms with E-state index in [9.17, 15) is 5.11 Å². The number of H-pyrrole nitrogens is 1. The predicted octanol–water partition coefficient (Wildman–Crippen LogP) is 4.42. The van der Waals surface area contributed by atoms with E-state index in [1.807, 2.05) is 67.5 Å². The highest BCUT2D eigenvalue weighted by molar-refractivity contribution is 7.80. The number of para-hydroxylation sites is 1. The Kier molecular flexibility index (Phi) is 4.43. The van der Waals surface area contributed by atoms with Crippen molar-refractivity contribution < 1.29 is 5.11 Å². The van der Waals surface area contributed by atoms with E-state index in [0.717, 1.165) is 16.9 Å². The average Bonchev–Trinajstić information content (AvgIpc) is 2.90. The number of hydrogen-bond donors (Lipinski definition) is 3. The molecule has 0 saturated carbocycles. The van der Waals surface area contributed by atoms with Gasteiger partial charge in [0.05, 0.1) is 5.52 Å². The fourth-order valence-corrected chi connectivity index (χ4v) is 2.43. The topological polar surface area (TPSA) is 76.0 Å². The van der Waals surface area contributed by atoms with Gasteiger partial charge in [-0.05, 0) is 48.6 Å². The van der Waals surface area contributed by atoms with Crippen molar-refractivity contribution in [2.75, 3.05) is 24.3 Å². The van der Waals surface area contributed by atoms with Crippen LogP contribution in [0.15, 0.2) is 58.8 Å². The van der Waals surface area contributed by atoms with Crippen LogP contribution in [0.1, 0.15) is 0 Å². The number of aromatic amines is 1. The Morgan fingerprint density at radius 2 is 1.83 bits per heavy atom. The zero-order valence-electron chi connectivity index (χ0n) is 13.3. The second-order valence-electron chi connectivity index (χ2n) is 5.44. The smallest absolute Gasteiger partial charge is 0.218 e. The minimum absolute atomic E-state index is 0.0625. The van der Waals surface area contributed by atoms with Crippen LogP contribution in [0.3, 0.4) is 0 Å². The number of benzene rings is 2. The van der Waals surface area contributed by atoms with E-state index in [1.54, 1.807) is 0 Å². The average molecular weight is 339 g/mol. The van der Waals surface area contributed by atoms with Crippen LogP contribution in [-0.4, -0.2) is 29.3 Å². The number of aromatic hydroxyl groups is 1. The molecular formula is C17H17N5OS. The quantitative estimate of drug-likeness (QED) is 0.488. The van der Waals surface area contributed by atoms with Gasteiger partial charge in [-0.2, -0.15) is 0 Å². The number of hydrogen-bond acceptors (Lipinski definition) is 4. The van der Waals surface area contributed by atoms with Gasteiger partial charge in [0.2, 0.25) is 5.11 Å². The third-order valence-corrected chi connectivity index (χ3v) is 3.72. The summed E-state index contributed by atoms with van der Waals surface area (Å²) in [6, 6.07) is 15.2. The van der Waals surface area contributed by atoms with Crippen LogP contribution in [0.4, 0.5) is 17.2 Å². The number of nitrogens with one attached hydrogen (secondary N) is 2. The highest BCUT2D eigenvalue weighted by atomic mass is 32.1. The van der Waals surface area contributed by atoms with Crippen LogP contribution < -0.4 is 10.2 Å². The van der Waals surface area contributed by atoms with Gasteiger partial charge in [0, 0.05) is 30.9 Å². The van der Waals surface area contributed by atoms with Crippen molar-refractivity contribution in [3.05, 3.63) is 48.5 Å². The molecule has 0 saturated heterocycles. The highest BCUT2D eigenvalue weighted by Gasteiger charge is 2.09. The van der Waals surface area contributed by atoms with Crippen LogP contribution in [0.25, 0.3) is 10.9 Å². The van der Waals surface area contributed by atoms with Gasteiger partial charge in [0.1, 0.15) is 0 Å². The number of thiocarbonyl (C=S) groups is 1. The molecule has 0 aliphatic heterocycles. The molecule has 0 fully saturated rings. The molecule has 1 heterocycles. The molecule has 0 aliphatic carbocycles. The number of fused-ring (bicyclic) bond motifs is 1. The first-order chi connectivity index (χ1) is 11.5. The fourth-order valence-electron chi connectivity index (χ4n) is 2.27. The molecule has 3 aromatic rings. The molecule has 3 rings (SSSR count). The number of nitrogens with zero attached hydrogens (tertiary/aromatic N) is 3. The van der Waals surface area contributed by atoms with Crippen molar-refractivity contribution >= 4 is 45.4 Å². The van der Waals surface area contributed by atoms with E-state index in [1.165, 1.54) is 0 Å². The summed E-state index contributed by atoms with van der Waals surface area (Å²) >= 11 is 5.17. The van der Waals surface area contributed by atoms with E-state index in [2.05, 4.69) is 20.5 Å². The molecule has 0 unspecified atom stereocenters. The minimum Gasteiger partial charge on any atom is -0.504 e. The molecule has 0 amide bonds. The Labute approximate surface area is 144 Å². The Balaban J connectivity index is 1.71. The first-order valence-corrected chi connectivity index (χ1v) is 7.75. The summed E-state index contributed by atoms with van der Waals surface area (Å²) in [5.41, 5.74) is 2.71. The van der Waals surface area contributed by atoms with Gasteiger partial charge in [0.25, 0.3) is 0 Å². The fraction of sp³-hybridized carbons (Fsp3) is 0.118. The molecule has 0 spiro atoms. The lowest BCUT2D eigenvalue weighted by molar-refractivity contribution is 0.482. The normalized spacial score (nSPS) is 11.1. The van der Waals surface area contributed by atoms with Gasteiger partial charge < -0.3 is 20.3 Å². The molecular weight excluding hydrogens is 322 g/mol. The van der Waals surface area contributed by atoms with Gasteiger partial charge in [-0.15, -0.1) is 10.2 Å². The van der Waals surface area contributed by atoms with E-state index in [-0.39, 0.29) is 16.7 Å². The van der Waals surface area contributed by atoms with Crippen molar-refractivity contribution in [2.24, 2.45) is 10.2 Å². The van der Waals surface area contributed by atoms with Gasteiger partial charge >= 0.3 is 0 Å². The Hall–Kier alpha value is -2.93. The number of anilines is 2. The SMILES string of the molecule is CN(C)c1ccc(NC(=S)N=Nc2[nH]c3ccccc3c2O)cc1. The minimum atomic E-state index is 0.0625. The summed E-state index contributed by atoms with van der Waals surface area (Å²) in [5.74, 6) is 0.343. The zero-order chi connectivity index (χ0) is 17.1. The first-order valence-electron chi connectivity index (χ1n) is 7.34. The van der Waals surface area contributed by atoms with E-state index < -0.39 is 0 Å². The second kappa shape index (κ2) is 6.67. The summed E-state index contributed by atoms with van der Waals surface area (Å²) in [6.07, 6.45) is 0. The lowest BCUT2D eigenvalue weighted by Gasteiger charge is -2.12. The zero-order valence-corrected chi connectivity index (χ0v) is 14.1. The molecule has 122 valence electrons. The van der Waals surface area contributed by atoms with Gasteiger partial charge in [-0.1, -0.05) is 12.1 Å². The lowest BCUT2D eigenvalue weighted by Crippen LogP contribution is -2.09.